The minimum absolute atomic E-state index is 0. The molecule has 0 atom stereocenters. The van der Waals surface area contributed by atoms with Crippen molar-refractivity contribution in [2.24, 2.45) is 0 Å². The van der Waals surface area contributed by atoms with E-state index in [1.807, 2.05) is 17.2 Å². The van der Waals surface area contributed by atoms with E-state index in [-0.39, 0.29) is 25.2 Å². The van der Waals surface area contributed by atoms with Crippen LogP contribution >= 0.6 is 0 Å². The quantitative estimate of drug-likeness (QED) is 0.279. The Morgan fingerprint density at radius 2 is 1.55 bits per heavy atom. The standard InChI is InChI=1S/C21H22N4O4S.C6H6FN.C4H8.2H2/c1-29-25-14-12-24(13-15-25)21(26)17-7-9-18(10-8-17)23-30(27,28)19-6-2-4-16-5-3-11-22-20(16)19;7-5-3-1-2-4-6(5)8;1-2-4-3-1;;/h2-11,23H,12-15H2,1H3;1-4H,8H2;1-4H2;2*1H. The number of sulfonamides is 1. The number of halogens is 1. The highest BCUT2D eigenvalue weighted by Gasteiger charge is 2.23. The maximum Gasteiger partial charge on any atom is 0.264 e. The molecule has 226 valence electrons. The summed E-state index contributed by atoms with van der Waals surface area (Å²) in [5.41, 5.74) is 6.65. The number of nitrogen functional groups attached to an aromatic ring is 1. The number of para-hydroxylation sites is 2. The zero-order valence-electron chi connectivity index (χ0n) is 23.6. The number of nitrogens with zero attached hydrogens (tertiary/aromatic N) is 3. The van der Waals surface area contributed by atoms with Crippen LogP contribution in [0.3, 0.4) is 0 Å². The molecule has 3 aromatic carbocycles. The molecular weight excluding hydrogens is 557 g/mol. The van der Waals surface area contributed by atoms with Crippen LogP contribution in [0.25, 0.3) is 10.9 Å². The summed E-state index contributed by atoms with van der Waals surface area (Å²) < 4.78 is 40.6. The number of fused-ring (bicyclic) bond motifs is 1. The molecule has 9 nitrogen and oxygen atoms in total. The number of hydrogen-bond donors (Lipinski definition) is 2. The summed E-state index contributed by atoms with van der Waals surface area (Å²) in [6.45, 7) is 2.46. The molecule has 4 aromatic rings. The van der Waals surface area contributed by atoms with E-state index < -0.39 is 10.0 Å². The Kier molecular flexibility index (Phi) is 10.8. The molecule has 11 heteroatoms. The lowest BCUT2D eigenvalue weighted by atomic mass is 10.0. The van der Waals surface area contributed by atoms with Gasteiger partial charge in [-0.05, 0) is 48.5 Å². The second-order valence-corrected chi connectivity index (χ2v) is 11.5. The average molecular weight is 598 g/mol. The first-order valence-electron chi connectivity index (χ1n) is 13.8. The monoisotopic (exact) mass is 597 g/mol. The molecule has 1 amide bonds. The van der Waals surface area contributed by atoms with Gasteiger partial charge in [-0.3, -0.25) is 14.5 Å². The molecule has 42 heavy (non-hydrogen) atoms. The van der Waals surface area contributed by atoms with Crippen molar-refractivity contribution in [3.63, 3.8) is 0 Å². The van der Waals surface area contributed by atoms with E-state index in [2.05, 4.69) is 9.71 Å². The van der Waals surface area contributed by atoms with Gasteiger partial charge in [0.05, 0.1) is 18.3 Å². The predicted molar refractivity (Wildman–Crippen MR) is 167 cm³/mol. The van der Waals surface area contributed by atoms with E-state index in [9.17, 15) is 17.6 Å². The van der Waals surface area contributed by atoms with Crippen LogP contribution in [-0.2, 0) is 14.9 Å². The Morgan fingerprint density at radius 1 is 0.905 bits per heavy atom. The molecule has 3 N–H and O–H groups in total. The fourth-order valence-corrected chi connectivity index (χ4v) is 5.40. The molecule has 1 aliphatic heterocycles. The zero-order valence-corrected chi connectivity index (χ0v) is 24.4. The fourth-order valence-electron chi connectivity index (χ4n) is 4.17. The minimum Gasteiger partial charge on any atom is -0.396 e. The van der Waals surface area contributed by atoms with Crippen LogP contribution in [-0.4, -0.2) is 62.6 Å². The lowest BCUT2D eigenvalue weighted by molar-refractivity contribution is -0.147. The largest absolute Gasteiger partial charge is 0.396 e. The smallest absolute Gasteiger partial charge is 0.264 e. The number of aromatic nitrogens is 1. The Labute approximate surface area is 249 Å². The van der Waals surface area contributed by atoms with Crippen LogP contribution in [0.1, 0.15) is 38.9 Å². The highest BCUT2D eigenvalue weighted by Crippen LogP contribution is 2.23. The number of carbonyl (C=O) groups is 1. The third kappa shape index (κ3) is 8.25. The molecule has 1 aromatic heterocycles. The second-order valence-electron chi connectivity index (χ2n) is 9.85. The van der Waals surface area contributed by atoms with Gasteiger partial charge in [-0.2, -0.15) is 5.06 Å². The number of piperazine rings is 1. The number of hydrogen-bond acceptors (Lipinski definition) is 7. The number of nitrogens with two attached hydrogens (primary N) is 1. The molecule has 0 unspecified atom stereocenters. The van der Waals surface area contributed by atoms with Crippen molar-refractivity contribution >= 4 is 38.2 Å². The summed E-state index contributed by atoms with van der Waals surface area (Å²) >= 11 is 0. The van der Waals surface area contributed by atoms with Crippen molar-refractivity contribution in [2.45, 2.75) is 30.6 Å². The summed E-state index contributed by atoms with van der Waals surface area (Å²) in [7, 11) is -2.21. The summed E-state index contributed by atoms with van der Waals surface area (Å²) in [6.07, 6.45) is 7.56. The average Bonchev–Trinajstić information content (AvgIpc) is 2.98. The molecule has 0 radical (unpaired) electrons. The van der Waals surface area contributed by atoms with Crippen molar-refractivity contribution in [1.82, 2.24) is 14.9 Å². The summed E-state index contributed by atoms with van der Waals surface area (Å²) in [4.78, 5) is 23.9. The third-order valence-electron chi connectivity index (χ3n) is 6.96. The van der Waals surface area contributed by atoms with Gasteiger partial charge in [-0.1, -0.05) is 56.0 Å². The van der Waals surface area contributed by atoms with Gasteiger partial charge in [0.25, 0.3) is 15.9 Å². The molecule has 1 saturated heterocycles. The van der Waals surface area contributed by atoms with Gasteiger partial charge in [0.15, 0.2) is 0 Å². The molecule has 2 fully saturated rings. The van der Waals surface area contributed by atoms with Gasteiger partial charge < -0.3 is 15.5 Å². The minimum atomic E-state index is -3.83. The summed E-state index contributed by atoms with van der Waals surface area (Å²) in [6, 6.07) is 21.2. The number of carbonyl (C=O) groups excluding carboxylic acids is 1. The van der Waals surface area contributed by atoms with E-state index in [1.54, 1.807) is 66.7 Å². The highest BCUT2D eigenvalue weighted by molar-refractivity contribution is 7.93. The van der Waals surface area contributed by atoms with Crippen LogP contribution in [0.5, 0.6) is 0 Å². The molecule has 2 heterocycles. The van der Waals surface area contributed by atoms with Gasteiger partial charge in [0.2, 0.25) is 0 Å². The number of nitrogens with one attached hydrogen (secondary N) is 1. The molecule has 1 saturated carbocycles. The van der Waals surface area contributed by atoms with Crippen LogP contribution in [0.4, 0.5) is 15.8 Å². The molecule has 0 spiro atoms. The van der Waals surface area contributed by atoms with Gasteiger partial charge >= 0.3 is 0 Å². The number of pyridine rings is 1. The first-order chi connectivity index (χ1) is 20.3. The molecule has 6 rings (SSSR count). The van der Waals surface area contributed by atoms with Crippen molar-refractivity contribution in [2.75, 3.05) is 43.7 Å². The van der Waals surface area contributed by atoms with Gasteiger partial charge in [-0.25, -0.2) is 12.8 Å². The first kappa shape index (κ1) is 30.9. The van der Waals surface area contributed by atoms with E-state index in [4.69, 9.17) is 10.6 Å². The Balaban J connectivity index is 0.000000402. The predicted octanol–water partition coefficient (Wildman–Crippen LogP) is 5.82. The van der Waals surface area contributed by atoms with E-state index in [1.165, 1.54) is 43.9 Å². The van der Waals surface area contributed by atoms with Crippen LogP contribution in [0.2, 0.25) is 0 Å². The van der Waals surface area contributed by atoms with Gasteiger partial charge in [0.1, 0.15) is 10.7 Å². The number of hydroxylamine groups is 2. The fraction of sp³-hybridized carbons (Fsp3) is 0.290. The van der Waals surface area contributed by atoms with Crippen LogP contribution < -0.4 is 10.5 Å². The second kappa shape index (κ2) is 14.7. The summed E-state index contributed by atoms with van der Waals surface area (Å²) in [5.74, 6) is -0.439. The SMILES string of the molecule is C1CCC1.CON1CCN(C(=O)c2ccc(NS(=O)(=O)c3cccc4cccnc34)cc2)CC1.Nc1ccccc1F.[HH].[HH]. The number of rotatable bonds is 5. The topological polar surface area (TPSA) is 118 Å². The number of anilines is 2. The lowest BCUT2D eigenvalue weighted by Gasteiger charge is -2.33. The Hall–Kier alpha value is -4.06. The number of benzene rings is 3. The van der Waals surface area contributed by atoms with E-state index in [0.717, 1.165) is 5.39 Å². The van der Waals surface area contributed by atoms with Gasteiger partial charge in [0, 0.05) is 51.9 Å². The van der Waals surface area contributed by atoms with Crippen molar-refractivity contribution < 1.29 is 25.3 Å². The Bertz CT molecular complexity index is 1550. The van der Waals surface area contributed by atoms with Crippen molar-refractivity contribution in [1.29, 1.82) is 0 Å². The summed E-state index contributed by atoms with van der Waals surface area (Å²) in [5, 5.41) is 2.55. The molecule has 0 bridgehead atoms. The molecule has 1 aliphatic carbocycles. The van der Waals surface area contributed by atoms with Gasteiger partial charge in [-0.15, -0.1) is 0 Å². The van der Waals surface area contributed by atoms with Crippen molar-refractivity contribution in [3.8, 4) is 0 Å². The molecule has 2 aliphatic rings. The van der Waals surface area contributed by atoms with E-state index in [0.29, 0.717) is 42.9 Å². The highest BCUT2D eigenvalue weighted by atomic mass is 32.2. The lowest BCUT2D eigenvalue weighted by Crippen LogP contribution is -2.48. The molecular formula is C31H40FN5O4S. The van der Waals surface area contributed by atoms with Crippen LogP contribution in [0.15, 0.2) is 90.0 Å². The first-order valence-corrected chi connectivity index (χ1v) is 15.3. The normalized spacial score (nSPS) is 15.0. The van der Waals surface area contributed by atoms with Crippen LogP contribution in [0, 0.1) is 5.82 Å². The third-order valence-corrected chi connectivity index (χ3v) is 8.37. The number of amides is 1. The van der Waals surface area contributed by atoms with Crippen molar-refractivity contribution in [3.05, 3.63) is 96.4 Å². The van der Waals surface area contributed by atoms with E-state index >= 15 is 0 Å². The Morgan fingerprint density at radius 3 is 2.12 bits per heavy atom. The zero-order chi connectivity index (χ0) is 30.0. The maximum absolute atomic E-state index is 12.9. The maximum atomic E-state index is 12.9.